The molecule has 22 heavy (non-hydrogen) atoms. The molecule has 0 saturated carbocycles. The minimum atomic E-state index is -0.594. The van der Waals surface area contributed by atoms with Crippen molar-refractivity contribution >= 4 is 0 Å². The van der Waals surface area contributed by atoms with E-state index in [1.165, 1.54) is 5.56 Å². The molecule has 0 aliphatic carbocycles. The SMILES string of the molecule is Cc1ccc(C(CO)(CCN(C)C)c2ccccc2O)cc1. The lowest BCUT2D eigenvalue weighted by atomic mass is 9.72. The van der Waals surface area contributed by atoms with Crippen LogP contribution in [-0.2, 0) is 5.41 Å². The second kappa shape index (κ2) is 6.95. The Hall–Kier alpha value is -1.84. The van der Waals surface area contributed by atoms with Crippen LogP contribution in [0.1, 0.15) is 23.1 Å². The highest BCUT2D eigenvalue weighted by atomic mass is 16.3. The molecular formula is C19H25NO2. The Labute approximate surface area is 132 Å². The molecule has 0 aliphatic heterocycles. The van der Waals surface area contributed by atoms with Gasteiger partial charge in [0.15, 0.2) is 0 Å². The summed E-state index contributed by atoms with van der Waals surface area (Å²) in [5, 5.41) is 20.6. The van der Waals surface area contributed by atoms with Crippen molar-refractivity contribution in [3.05, 3.63) is 65.2 Å². The highest BCUT2D eigenvalue weighted by molar-refractivity contribution is 5.47. The topological polar surface area (TPSA) is 43.7 Å². The number of aryl methyl sites for hydroxylation is 1. The number of benzene rings is 2. The molecule has 118 valence electrons. The van der Waals surface area contributed by atoms with E-state index in [4.69, 9.17) is 0 Å². The minimum absolute atomic E-state index is 0.0402. The van der Waals surface area contributed by atoms with Gasteiger partial charge in [-0.3, -0.25) is 0 Å². The number of aliphatic hydroxyl groups is 1. The van der Waals surface area contributed by atoms with Crippen molar-refractivity contribution in [2.45, 2.75) is 18.8 Å². The number of aromatic hydroxyl groups is 1. The third kappa shape index (κ3) is 3.32. The number of hydrogen-bond donors (Lipinski definition) is 2. The van der Waals surface area contributed by atoms with E-state index in [-0.39, 0.29) is 12.4 Å². The Bertz CT molecular complexity index is 607. The van der Waals surface area contributed by atoms with E-state index in [1.54, 1.807) is 6.07 Å². The van der Waals surface area contributed by atoms with Crippen LogP contribution in [0, 0.1) is 6.92 Å². The summed E-state index contributed by atoms with van der Waals surface area (Å²) in [6, 6.07) is 15.5. The third-order valence-corrected chi connectivity index (χ3v) is 4.28. The average molecular weight is 299 g/mol. The predicted octanol–water partition coefficient (Wildman–Crippen LogP) is 2.93. The van der Waals surface area contributed by atoms with Gasteiger partial charge >= 0.3 is 0 Å². The van der Waals surface area contributed by atoms with Gasteiger partial charge in [-0.15, -0.1) is 0 Å². The number of rotatable bonds is 6. The van der Waals surface area contributed by atoms with Gasteiger partial charge in [0.25, 0.3) is 0 Å². The largest absolute Gasteiger partial charge is 0.508 e. The number of aliphatic hydroxyl groups excluding tert-OH is 1. The minimum Gasteiger partial charge on any atom is -0.508 e. The van der Waals surface area contributed by atoms with Gasteiger partial charge in [0.2, 0.25) is 0 Å². The zero-order chi connectivity index (χ0) is 16.2. The molecule has 0 radical (unpaired) electrons. The van der Waals surface area contributed by atoms with Crippen LogP contribution in [0.5, 0.6) is 5.75 Å². The molecule has 0 bridgehead atoms. The van der Waals surface area contributed by atoms with Crippen molar-refractivity contribution in [2.24, 2.45) is 0 Å². The molecule has 1 unspecified atom stereocenters. The van der Waals surface area contributed by atoms with Gasteiger partial charge < -0.3 is 15.1 Å². The van der Waals surface area contributed by atoms with Crippen LogP contribution in [0.3, 0.4) is 0 Å². The van der Waals surface area contributed by atoms with Gasteiger partial charge in [0.05, 0.1) is 6.61 Å². The van der Waals surface area contributed by atoms with Crippen LogP contribution in [0.4, 0.5) is 0 Å². The van der Waals surface area contributed by atoms with Crippen LogP contribution >= 0.6 is 0 Å². The standard InChI is InChI=1S/C19H25NO2/c1-15-8-10-16(11-9-15)19(14-21,12-13-20(2)3)17-6-4-5-7-18(17)22/h4-11,21-22H,12-14H2,1-3H3. The molecule has 2 aromatic rings. The Morgan fingerprint density at radius 2 is 1.64 bits per heavy atom. The summed E-state index contributed by atoms with van der Waals surface area (Å²) in [5.41, 5.74) is 2.40. The second-order valence-corrected chi connectivity index (χ2v) is 6.18. The highest BCUT2D eigenvalue weighted by Crippen LogP contribution is 2.40. The van der Waals surface area contributed by atoms with Gasteiger partial charge in [-0.25, -0.2) is 0 Å². The van der Waals surface area contributed by atoms with Crippen molar-refractivity contribution in [3.63, 3.8) is 0 Å². The molecule has 0 spiro atoms. The number of phenols is 1. The van der Waals surface area contributed by atoms with Crippen LogP contribution in [0.15, 0.2) is 48.5 Å². The molecule has 0 aliphatic rings. The Balaban J connectivity index is 2.56. The molecule has 3 heteroatoms. The van der Waals surface area contributed by atoms with Crippen molar-refractivity contribution in [1.82, 2.24) is 4.90 Å². The van der Waals surface area contributed by atoms with E-state index < -0.39 is 5.41 Å². The molecule has 0 fully saturated rings. The number of nitrogens with zero attached hydrogens (tertiary/aromatic N) is 1. The lowest BCUT2D eigenvalue weighted by Crippen LogP contribution is -2.35. The second-order valence-electron chi connectivity index (χ2n) is 6.18. The van der Waals surface area contributed by atoms with Crippen LogP contribution in [0.2, 0.25) is 0 Å². The third-order valence-electron chi connectivity index (χ3n) is 4.28. The molecule has 0 heterocycles. The first-order chi connectivity index (χ1) is 10.5. The van der Waals surface area contributed by atoms with Crippen LogP contribution < -0.4 is 0 Å². The normalized spacial score (nSPS) is 14.0. The molecule has 2 N–H and O–H groups in total. The fourth-order valence-corrected chi connectivity index (χ4v) is 2.86. The van der Waals surface area contributed by atoms with Gasteiger partial charge in [0.1, 0.15) is 5.75 Å². The van der Waals surface area contributed by atoms with Gasteiger partial charge in [0, 0.05) is 11.0 Å². The zero-order valence-corrected chi connectivity index (χ0v) is 13.6. The lowest BCUT2D eigenvalue weighted by molar-refractivity contribution is 0.196. The maximum atomic E-state index is 10.3. The summed E-state index contributed by atoms with van der Waals surface area (Å²) >= 11 is 0. The Morgan fingerprint density at radius 3 is 2.18 bits per heavy atom. The van der Waals surface area contributed by atoms with Crippen molar-refractivity contribution in [2.75, 3.05) is 27.2 Å². The van der Waals surface area contributed by atoms with E-state index >= 15 is 0 Å². The van der Waals surface area contributed by atoms with Gasteiger partial charge in [-0.05, 0) is 45.6 Å². The molecule has 0 aromatic heterocycles. The van der Waals surface area contributed by atoms with Crippen molar-refractivity contribution in [1.29, 1.82) is 0 Å². The monoisotopic (exact) mass is 299 g/mol. The number of hydrogen-bond acceptors (Lipinski definition) is 3. The van der Waals surface area contributed by atoms with Gasteiger partial charge in [-0.2, -0.15) is 0 Å². The smallest absolute Gasteiger partial charge is 0.119 e. The van der Waals surface area contributed by atoms with Crippen molar-refractivity contribution in [3.8, 4) is 5.75 Å². The summed E-state index contributed by atoms with van der Waals surface area (Å²) in [4.78, 5) is 2.10. The van der Waals surface area contributed by atoms with Crippen LogP contribution in [-0.4, -0.2) is 42.4 Å². The number of para-hydroxylation sites is 1. The Morgan fingerprint density at radius 1 is 1.00 bits per heavy atom. The lowest BCUT2D eigenvalue weighted by Gasteiger charge is -2.35. The number of phenolic OH excluding ortho intramolecular Hbond substituents is 1. The van der Waals surface area contributed by atoms with E-state index in [1.807, 2.05) is 51.4 Å². The summed E-state index contributed by atoms with van der Waals surface area (Å²) in [7, 11) is 4.03. The fraction of sp³-hybridized carbons (Fsp3) is 0.368. The summed E-state index contributed by atoms with van der Waals surface area (Å²) in [6.45, 7) is 2.83. The molecule has 3 nitrogen and oxygen atoms in total. The molecule has 0 saturated heterocycles. The summed E-state index contributed by atoms with van der Waals surface area (Å²) in [6.07, 6.45) is 0.733. The summed E-state index contributed by atoms with van der Waals surface area (Å²) in [5.74, 6) is 0.232. The van der Waals surface area contributed by atoms with Gasteiger partial charge in [-0.1, -0.05) is 48.0 Å². The van der Waals surface area contributed by atoms with Crippen molar-refractivity contribution < 1.29 is 10.2 Å². The maximum Gasteiger partial charge on any atom is 0.119 e. The molecular weight excluding hydrogens is 274 g/mol. The molecule has 1 atom stereocenters. The summed E-state index contributed by atoms with van der Waals surface area (Å²) < 4.78 is 0. The van der Waals surface area contributed by atoms with E-state index in [0.29, 0.717) is 0 Å². The molecule has 0 amide bonds. The first-order valence-corrected chi connectivity index (χ1v) is 7.61. The average Bonchev–Trinajstić information content (AvgIpc) is 2.51. The first kappa shape index (κ1) is 16.5. The zero-order valence-electron chi connectivity index (χ0n) is 13.6. The molecule has 2 rings (SSSR count). The predicted molar refractivity (Wildman–Crippen MR) is 90.3 cm³/mol. The van der Waals surface area contributed by atoms with Crippen LogP contribution in [0.25, 0.3) is 0 Å². The fourth-order valence-electron chi connectivity index (χ4n) is 2.86. The van der Waals surface area contributed by atoms with E-state index in [2.05, 4.69) is 17.0 Å². The first-order valence-electron chi connectivity index (χ1n) is 7.61. The Kier molecular flexibility index (Phi) is 5.22. The van der Waals surface area contributed by atoms with E-state index in [0.717, 1.165) is 24.1 Å². The maximum absolute atomic E-state index is 10.3. The van der Waals surface area contributed by atoms with E-state index in [9.17, 15) is 10.2 Å². The highest BCUT2D eigenvalue weighted by Gasteiger charge is 2.35. The quantitative estimate of drug-likeness (QED) is 0.862. The molecule has 2 aromatic carbocycles.